The summed E-state index contributed by atoms with van der Waals surface area (Å²) >= 11 is 0. The fourth-order valence-electron chi connectivity index (χ4n) is 1.53. The number of carbonyl (C=O) groups excluding carboxylic acids is 1. The summed E-state index contributed by atoms with van der Waals surface area (Å²) in [5.41, 5.74) is 0.807. The van der Waals surface area contributed by atoms with Gasteiger partial charge in [-0.15, -0.1) is 0 Å². The molecule has 0 saturated carbocycles. The average Bonchev–Trinajstić information content (AvgIpc) is 2.70. The molecule has 1 aromatic heterocycles. The average molecular weight is 251 g/mol. The number of anilines is 1. The van der Waals surface area contributed by atoms with E-state index < -0.39 is 17.5 Å². The number of H-pyrrole nitrogens is 1. The highest BCUT2D eigenvalue weighted by molar-refractivity contribution is 5.91. The highest BCUT2D eigenvalue weighted by atomic mass is 19.2. The van der Waals surface area contributed by atoms with E-state index in [1.165, 1.54) is 12.1 Å². The van der Waals surface area contributed by atoms with Crippen LogP contribution in [0.4, 0.5) is 14.6 Å². The first kappa shape index (κ1) is 12.2. The molecule has 4 nitrogen and oxygen atoms in total. The van der Waals surface area contributed by atoms with Crippen LogP contribution in [0.5, 0.6) is 0 Å². The largest absolute Gasteiger partial charge is 0.309 e. The number of halogens is 2. The van der Waals surface area contributed by atoms with Gasteiger partial charge in [-0.25, -0.2) is 8.78 Å². The number of rotatable bonds is 3. The summed E-state index contributed by atoms with van der Waals surface area (Å²) < 4.78 is 26.3. The van der Waals surface area contributed by atoms with Crippen LogP contribution in [0.3, 0.4) is 0 Å². The maximum atomic E-state index is 13.3. The second-order valence-electron chi connectivity index (χ2n) is 3.87. The fraction of sp³-hybridized carbons (Fsp3) is 0.167. The zero-order valence-electron chi connectivity index (χ0n) is 9.63. The molecule has 1 heterocycles. The first-order valence-electron chi connectivity index (χ1n) is 5.31. The Balaban J connectivity index is 2.05. The van der Waals surface area contributed by atoms with Crippen LogP contribution in [0, 0.1) is 18.6 Å². The van der Waals surface area contributed by atoms with Gasteiger partial charge in [-0.2, -0.15) is 5.10 Å². The second kappa shape index (κ2) is 4.95. The van der Waals surface area contributed by atoms with Crippen molar-refractivity contribution >= 4 is 11.7 Å². The highest BCUT2D eigenvalue weighted by Crippen LogP contribution is 2.13. The van der Waals surface area contributed by atoms with E-state index in [9.17, 15) is 13.6 Å². The Morgan fingerprint density at radius 3 is 2.89 bits per heavy atom. The number of nitrogens with zero attached hydrogens (tertiary/aromatic N) is 1. The number of carbonyl (C=O) groups is 1. The molecule has 1 aromatic carbocycles. The van der Waals surface area contributed by atoms with Gasteiger partial charge in [-0.3, -0.25) is 9.89 Å². The van der Waals surface area contributed by atoms with Crippen LogP contribution >= 0.6 is 0 Å². The minimum absolute atomic E-state index is 0.0137. The van der Waals surface area contributed by atoms with Crippen molar-refractivity contribution < 1.29 is 13.6 Å². The van der Waals surface area contributed by atoms with Crippen LogP contribution < -0.4 is 5.32 Å². The van der Waals surface area contributed by atoms with Gasteiger partial charge in [0.15, 0.2) is 17.5 Å². The van der Waals surface area contributed by atoms with E-state index in [0.717, 1.165) is 11.8 Å². The first-order valence-corrected chi connectivity index (χ1v) is 5.31. The Morgan fingerprint density at radius 1 is 1.44 bits per heavy atom. The summed E-state index contributed by atoms with van der Waals surface area (Å²) in [4.78, 5) is 11.6. The molecule has 0 saturated heterocycles. The molecule has 94 valence electrons. The Bertz CT molecular complexity index is 580. The summed E-state index contributed by atoms with van der Waals surface area (Å²) in [7, 11) is 0. The lowest BCUT2D eigenvalue weighted by Crippen LogP contribution is -2.15. The van der Waals surface area contributed by atoms with Crippen LogP contribution in [0.25, 0.3) is 0 Å². The second-order valence-corrected chi connectivity index (χ2v) is 3.87. The summed E-state index contributed by atoms with van der Waals surface area (Å²) in [5, 5.41) is 8.96. The number of aromatic amines is 1. The molecule has 6 heteroatoms. The molecule has 2 N–H and O–H groups in total. The van der Waals surface area contributed by atoms with E-state index in [2.05, 4.69) is 15.5 Å². The van der Waals surface area contributed by atoms with Crippen molar-refractivity contribution in [1.82, 2.24) is 10.2 Å². The predicted molar refractivity (Wildman–Crippen MR) is 62.0 cm³/mol. The third-order valence-corrected chi connectivity index (χ3v) is 2.36. The lowest BCUT2D eigenvalue weighted by Gasteiger charge is -2.03. The van der Waals surface area contributed by atoms with Gasteiger partial charge in [0.05, 0.1) is 6.42 Å². The molecule has 2 aromatic rings. The van der Waals surface area contributed by atoms with Crippen molar-refractivity contribution in [3.63, 3.8) is 0 Å². The zero-order valence-corrected chi connectivity index (χ0v) is 9.63. The SMILES string of the molecule is Cc1cc(NC(=O)Cc2cccc(F)c2F)n[nH]1. The van der Waals surface area contributed by atoms with Crippen LogP contribution in [-0.2, 0) is 11.2 Å². The monoisotopic (exact) mass is 251 g/mol. The van der Waals surface area contributed by atoms with Crippen molar-refractivity contribution in [1.29, 1.82) is 0 Å². The minimum Gasteiger partial charge on any atom is -0.309 e. The van der Waals surface area contributed by atoms with Gasteiger partial charge in [0.2, 0.25) is 5.91 Å². The zero-order chi connectivity index (χ0) is 13.1. The van der Waals surface area contributed by atoms with Gasteiger partial charge in [0.1, 0.15) is 0 Å². The smallest absolute Gasteiger partial charge is 0.230 e. The number of aryl methyl sites for hydroxylation is 1. The van der Waals surface area contributed by atoms with E-state index in [1.807, 2.05) is 0 Å². The molecule has 0 aliphatic heterocycles. The molecule has 2 rings (SSSR count). The molecule has 0 fully saturated rings. The molecule has 18 heavy (non-hydrogen) atoms. The number of hydrogen-bond acceptors (Lipinski definition) is 2. The highest BCUT2D eigenvalue weighted by Gasteiger charge is 2.12. The van der Waals surface area contributed by atoms with Crippen molar-refractivity contribution in [2.75, 3.05) is 5.32 Å². The third-order valence-electron chi connectivity index (χ3n) is 2.36. The van der Waals surface area contributed by atoms with E-state index in [-0.39, 0.29) is 12.0 Å². The molecular formula is C12H11F2N3O. The van der Waals surface area contributed by atoms with E-state index in [0.29, 0.717) is 5.82 Å². The standard InChI is InChI=1S/C12H11F2N3O/c1-7-5-10(17-16-7)15-11(18)6-8-3-2-4-9(13)12(8)14/h2-5H,6H2,1H3,(H2,15,16,17,18). The Labute approximate surface area is 102 Å². The van der Waals surface area contributed by atoms with Crippen molar-refractivity contribution in [3.8, 4) is 0 Å². The maximum absolute atomic E-state index is 13.3. The van der Waals surface area contributed by atoms with Crippen LogP contribution in [0.15, 0.2) is 24.3 Å². The maximum Gasteiger partial charge on any atom is 0.230 e. The summed E-state index contributed by atoms with van der Waals surface area (Å²) in [6.45, 7) is 1.79. The molecule has 0 bridgehead atoms. The van der Waals surface area contributed by atoms with Crippen LogP contribution in [0.1, 0.15) is 11.3 Å². The van der Waals surface area contributed by atoms with Gasteiger partial charge in [0, 0.05) is 17.3 Å². The van der Waals surface area contributed by atoms with E-state index in [4.69, 9.17) is 0 Å². The number of nitrogens with one attached hydrogen (secondary N) is 2. The van der Waals surface area contributed by atoms with Gasteiger partial charge >= 0.3 is 0 Å². The molecule has 0 atom stereocenters. The lowest BCUT2D eigenvalue weighted by atomic mass is 10.1. The van der Waals surface area contributed by atoms with Gasteiger partial charge < -0.3 is 5.32 Å². The number of hydrogen-bond donors (Lipinski definition) is 2. The Kier molecular flexibility index (Phi) is 3.36. The number of amides is 1. The summed E-state index contributed by atoms with van der Waals surface area (Å²) in [6.07, 6.45) is -0.241. The summed E-state index contributed by atoms with van der Waals surface area (Å²) in [5.74, 6) is -2.05. The molecule has 0 spiro atoms. The minimum atomic E-state index is -0.995. The number of aromatic nitrogens is 2. The third kappa shape index (κ3) is 2.71. The summed E-state index contributed by atoms with van der Waals surface area (Å²) in [6, 6.07) is 5.38. The molecule has 1 amide bonds. The van der Waals surface area contributed by atoms with Crippen LogP contribution in [0.2, 0.25) is 0 Å². The normalized spacial score (nSPS) is 10.4. The van der Waals surface area contributed by atoms with E-state index >= 15 is 0 Å². The Hall–Kier alpha value is -2.24. The van der Waals surface area contributed by atoms with Crippen molar-refractivity contribution in [2.24, 2.45) is 0 Å². The van der Waals surface area contributed by atoms with Gasteiger partial charge in [-0.05, 0) is 13.0 Å². The fourth-order valence-corrected chi connectivity index (χ4v) is 1.53. The molecular weight excluding hydrogens is 240 g/mol. The topological polar surface area (TPSA) is 57.8 Å². The molecule has 0 aliphatic carbocycles. The molecule has 0 radical (unpaired) electrons. The number of benzene rings is 1. The lowest BCUT2D eigenvalue weighted by molar-refractivity contribution is -0.115. The van der Waals surface area contributed by atoms with Gasteiger partial charge in [-0.1, -0.05) is 12.1 Å². The Morgan fingerprint density at radius 2 is 2.22 bits per heavy atom. The van der Waals surface area contributed by atoms with Crippen LogP contribution in [-0.4, -0.2) is 16.1 Å². The van der Waals surface area contributed by atoms with E-state index in [1.54, 1.807) is 13.0 Å². The molecule has 0 aliphatic rings. The quantitative estimate of drug-likeness (QED) is 0.878. The van der Waals surface area contributed by atoms with Gasteiger partial charge in [0.25, 0.3) is 0 Å². The predicted octanol–water partition coefficient (Wildman–Crippen LogP) is 2.18. The first-order chi connectivity index (χ1) is 8.56. The molecule has 0 unspecified atom stereocenters. The van der Waals surface area contributed by atoms with Crippen molar-refractivity contribution in [3.05, 3.63) is 47.2 Å². The van der Waals surface area contributed by atoms with Crippen molar-refractivity contribution in [2.45, 2.75) is 13.3 Å².